The predicted octanol–water partition coefficient (Wildman–Crippen LogP) is 1.78. The van der Waals surface area contributed by atoms with Gasteiger partial charge in [0.1, 0.15) is 0 Å². The van der Waals surface area contributed by atoms with Crippen molar-refractivity contribution in [2.45, 2.75) is 39.7 Å². The number of hydrogen-bond acceptors (Lipinski definition) is 1. The summed E-state index contributed by atoms with van der Waals surface area (Å²) in [5, 5.41) is 3.35. The number of nitrogens with one attached hydrogen (secondary N) is 1. The molecule has 0 heterocycles. The van der Waals surface area contributed by atoms with Gasteiger partial charge in [0.05, 0.1) is 0 Å². The molecular weight excluding hydrogens is 98.1 g/mol. The molecule has 1 atom stereocenters. The molecule has 8 heavy (non-hydrogen) atoms. The molecule has 1 nitrogen and oxygen atoms in total. The molecule has 0 fully saturated rings. The van der Waals surface area contributed by atoms with E-state index >= 15 is 0 Å². The van der Waals surface area contributed by atoms with E-state index in [1.54, 1.807) is 0 Å². The summed E-state index contributed by atoms with van der Waals surface area (Å²) in [4.78, 5) is 0. The molecule has 1 N–H and O–H groups in total. The van der Waals surface area contributed by atoms with E-state index in [1.165, 1.54) is 12.8 Å². The van der Waals surface area contributed by atoms with E-state index < -0.39 is 0 Å². The van der Waals surface area contributed by atoms with E-state index in [9.17, 15) is 0 Å². The summed E-state index contributed by atoms with van der Waals surface area (Å²) in [5.74, 6) is 0. The molecule has 0 spiro atoms. The first-order valence-electron chi connectivity index (χ1n) is 3.54. The van der Waals surface area contributed by atoms with Gasteiger partial charge in [-0.2, -0.15) is 0 Å². The van der Waals surface area contributed by atoms with Gasteiger partial charge < -0.3 is 5.32 Å². The highest BCUT2D eigenvalue weighted by Gasteiger charge is 1.93. The average molecular weight is 115 g/mol. The zero-order valence-corrected chi connectivity index (χ0v) is 6.20. The van der Waals surface area contributed by atoms with Crippen LogP contribution in [0, 0.1) is 0 Å². The largest absolute Gasteiger partial charge is 0.315 e. The van der Waals surface area contributed by atoms with Crippen LogP contribution in [0.3, 0.4) is 0 Å². The maximum atomic E-state index is 3.35. The van der Waals surface area contributed by atoms with E-state index in [1.807, 2.05) is 0 Å². The minimum atomic E-state index is 0.713. The predicted molar refractivity (Wildman–Crippen MR) is 38.0 cm³/mol. The van der Waals surface area contributed by atoms with E-state index in [4.69, 9.17) is 0 Å². The summed E-state index contributed by atoms with van der Waals surface area (Å²) < 4.78 is 0. The van der Waals surface area contributed by atoms with E-state index in [0.717, 1.165) is 6.54 Å². The van der Waals surface area contributed by atoms with Crippen LogP contribution in [0.15, 0.2) is 0 Å². The first-order valence-corrected chi connectivity index (χ1v) is 3.54. The van der Waals surface area contributed by atoms with Gasteiger partial charge in [0.15, 0.2) is 0 Å². The lowest BCUT2D eigenvalue weighted by molar-refractivity contribution is 0.524. The lowest BCUT2D eigenvalue weighted by Crippen LogP contribution is -2.24. The van der Waals surface area contributed by atoms with Crippen LogP contribution in [0.5, 0.6) is 0 Å². The standard InChI is InChI=1S/C7H17N/c1-4-6-7(3)8-5-2/h7-8H,4-6H2,1-3H3. The molecule has 50 valence electrons. The Labute approximate surface area is 52.5 Å². The molecular formula is C7H17N. The summed E-state index contributed by atoms with van der Waals surface area (Å²) in [5.41, 5.74) is 0. The first kappa shape index (κ1) is 7.96. The lowest BCUT2D eigenvalue weighted by atomic mass is 10.2. The molecule has 0 aliphatic heterocycles. The van der Waals surface area contributed by atoms with Crippen molar-refractivity contribution in [1.29, 1.82) is 0 Å². The van der Waals surface area contributed by atoms with Crippen molar-refractivity contribution >= 4 is 0 Å². The normalized spacial score (nSPS) is 13.9. The fourth-order valence-corrected chi connectivity index (χ4v) is 0.884. The van der Waals surface area contributed by atoms with Crippen molar-refractivity contribution in [2.75, 3.05) is 6.54 Å². The van der Waals surface area contributed by atoms with E-state index in [-0.39, 0.29) is 0 Å². The lowest BCUT2D eigenvalue weighted by Gasteiger charge is -2.08. The van der Waals surface area contributed by atoms with Gasteiger partial charge in [-0.15, -0.1) is 0 Å². The third kappa shape index (κ3) is 4.13. The Morgan fingerprint density at radius 2 is 2.00 bits per heavy atom. The van der Waals surface area contributed by atoms with Crippen LogP contribution in [-0.4, -0.2) is 12.6 Å². The van der Waals surface area contributed by atoms with Crippen molar-refractivity contribution in [1.82, 2.24) is 5.32 Å². The third-order valence-corrected chi connectivity index (χ3v) is 1.27. The van der Waals surface area contributed by atoms with Crippen molar-refractivity contribution < 1.29 is 0 Å². The molecule has 0 amide bonds. The van der Waals surface area contributed by atoms with Crippen molar-refractivity contribution in [2.24, 2.45) is 0 Å². The fourth-order valence-electron chi connectivity index (χ4n) is 0.884. The Kier molecular flexibility index (Phi) is 5.08. The molecule has 0 rings (SSSR count). The van der Waals surface area contributed by atoms with Crippen LogP contribution < -0.4 is 5.32 Å². The Morgan fingerprint density at radius 1 is 1.38 bits per heavy atom. The van der Waals surface area contributed by atoms with Crippen LogP contribution in [0.1, 0.15) is 33.6 Å². The molecule has 0 saturated heterocycles. The van der Waals surface area contributed by atoms with Crippen LogP contribution in [0.25, 0.3) is 0 Å². The third-order valence-electron chi connectivity index (χ3n) is 1.27. The van der Waals surface area contributed by atoms with Gasteiger partial charge >= 0.3 is 0 Å². The minimum absolute atomic E-state index is 0.713. The van der Waals surface area contributed by atoms with Gasteiger partial charge in [-0.3, -0.25) is 0 Å². The second-order valence-electron chi connectivity index (χ2n) is 2.25. The highest BCUT2D eigenvalue weighted by atomic mass is 14.9. The fraction of sp³-hybridized carbons (Fsp3) is 1.00. The number of hydrogen-bond donors (Lipinski definition) is 1. The molecule has 0 aromatic rings. The second-order valence-corrected chi connectivity index (χ2v) is 2.25. The van der Waals surface area contributed by atoms with Crippen molar-refractivity contribution in [3.8, 4) is 0 Å². The Hall–Kier alpha value is -0.0400. The summed E-state index contributed by atoms with van der Waals surface area (Å²) in [6.45, 7) is 7.69. The topological polar surface area (TPSA) is 12.0 Å². The quantitative estimate of drug-likeness (QED) is 0.589. The van der Waals surface area contributed by atoms with Gasteiger partial charge in [0.2, 0.25) is 0 Å². The SMILES string of the molecule is CCCC(C)NCC. The molecule has 1 heteroatoms. The van der Waals surface area contributed by atoms with Crippen LogP contribution >= 0.6 is 0 Å². The Balaban J connectivity index is 2.92. The molecule has 0 aliphatic rings. The molecule has 0 bridgehead atoms. The zero-order chi connectivity index (χ0) is 6.41. The highest BCUT2D eigenvalue weighted by molar-refractivity contribution is 4.55. The Morgan fingerprint density at radius 3 is 2.38 bits per heavy atom. The minimum Gasteiger partial charge on any atom is -0.315 e. The maximum absolute atomic E-state index is 3.35. The van der Waals surface area contributed by atoms with Gasteiger partial charge in [-0.25, -0.2) is 0 Å². The molecule has 0 aromatic heterocycles. The van der Waals surface area contributed by atoms with Gasteiger partial charge in [-0.1, -0.05) is 20.3 Å². The summed E-state index contributed by atoms with van der Waals surface area (Å²) in [7, 11) is 0. The van der Waals surface area contributed by atoms with Crippen molar-refractivity contribution in [3.63, 3.8) is 0 Å². The molecule has 1 unspecified atom stereocenters. The first-order chi connectivity index (χ1) is 3.81. The monoisotopic (exact) mass is 115 g/mol. The maximum Gasteiger partial charge on any atom is 0.00385 e. The smallest absolute Gasteiger partial charge is 0.00385 e. The summed E-state index contributed by atoms with van der Waals surface area (Å²) >= 11 is 0. The van der Waals surface area contributed by atoms with Gasteiger partial charge in [-0.05, 0) is 19.9 Å². The summed E-state index contributed by atoms with van der Waals surface area (Å²) in [6, 6.07) is 0.713. The van der Waals surface area contributed by atoms with Crippen LogP contribution in [0.4, 0.5) is 0 Å². The molecule has 0 aliphatic carbocycles. The van der Waals surface area contributed by atoms with Gasteiger partial charge in [0, 0.05) is 6.04 Å². The summed E-state index contributed by atoms with van der Waals surface area (Å²) in [6.07, 6.45) is 2.59. The highest BCUT2D eigenvalue weighted by Crippen LogP contribution is 1.92. The van der Waals surface area contributed by atoms with E-state index in [2.05, 4.69) is 26.1 Å². The molecule has 0 radical (unpaired) electrons. The second kappa shape index (κ2) is 5.10. The van der Waals surface area contributed by atoms with Crippen molar-refractivity contribution in [3.05, 3.63) is 0 Å². The van der Waals surface area contributed by atoms with Crippen LogP contribution in [-0.2, 0) is 0 Å². The molecule has 0 aromatic carbocycles. The van der Waals surface area contributed by atoms with Gasteiger partial charge in [0.25, 0.3) is 0 Å². The number of rotatable bonds is 4. The zero-order valence-electron chi connectivity index (χ0n) is 6.20. The molecule has 0 saturated carbocycles. The van der Waals surface area contributed by atoms with Crippen LogP contribution in [0.2, 0.25) is 0 Å². The Bertz CT molecular complexity index is 37.7. The van der Waals surface area contributed by atoms with E-state index in [0.29, 0.717) is 6.04 Å². The average Bonchev–Trinajstić information content (AvgIpc) is 1.68.